The van der Waals surface area contributed by atoms with Crippen LogP contribution in [0.1, 0.15) is 0 Å². The van der Waals surface area contributed by atoms with Gasteiger partial charge in [-0.05, 0) is 23.3 Å². The van der Waals surface area contributed by atoms with E-state index >= 15 is 0 Å². The predicted molar refractivity (Wildman–Crippen MR) is 86.6 cm³/mol. The molecule has 3 rings (SSSR count). The van der Waals surface area contributed by atoms with Gasteiger partial charge in [-0.15, -0.1) is 0 Å². The highest BCUT2D eigenvalue weighted by Gasteiger charge is 1.91. The molecule has 0 spiro atoms. The lowest BCUT2D eigenvalue weighted by molar-refractivity contribution is 0.525. The summed E-state index contributed by atoms with van der Waals surface area (Å²) in [7, 11) is -0.305. The van der Waals surface area contributed by atoms with Crippen molar-refractivity contribution in [2.24, 2.45) is 0 Å². The zero-order chi connectivity index (χ0) is 14.8. The molecule has 2 nitrogen and oxygen atoms in total. The van der Waals surface area contributed by atoms with E-state index in [0.29, 0.717) is 5.75 Å². The molecule has 0 saturated heterocycles. The Morgan fingerprint density at radius 2 is 0.952 bits per heavy atom. The maximum atomic E-state index is 9.85. The third kappa shape index (κ3) is 5.21. The highest BCUT2D eigenvalue weighted by Crippen LogP contribution is 2.17. The van der Waals surface area contributed by atoms with Gasteiger partial charge >= 0.3 is 8.69 Å². The smallest absolute Gasteiger partial charge is 0.395 e. The van der Waals surface area contributed by atoms with Crippen LogP contribution in [0.2, 0.25) is 0 Å². The zero-order valence-corrected chi connectivity index (χ0v) is 12.3. The van der Waals surface area contributed by atoms with Crippen LogP contribution in [0.25, 0.3) is 11.1 Å². The lowest BCUT2D eigenvalue weighted by Crippen LogP contribution is -1.73. The summed E-state index contributed by atoms with van der Waals surface area (Å²) in [5, 5.41) is 0. The number of para-hydroxylation sites is 1. The van der Waals surface area contributed by atoms with Gasteiger partial charge < -0.3 is 4.52 Å². The van der Waals surface area contributed by atoms with E-state index in [4.69, 9.17) is 0 Å². The summed E-state index contributed by atoms with van der Waals surface area (Å²) in [6.07, 6.45) is 0. The van der Waals surface area contributed by atoms with E-state index in [1.165, 1.54) is 11.1 Å². The van der Waals surface area contributed by atoms with Gasteiger partial charge in [0.15, 0.2) is 0 Å². The molecule has 0 aromatic heterocycles. The Bertz CT molecular complexity index is 602. The average molecular weight is 294 g/mol. The van der Waals surface area contributed by atoms with Crippen LogP contribution in [0.5, 0.6) is 5.75 Å². The molecular weight excluding hydrogens is 279 g/mol. The molecule has 0 aliphatic heterocycles. The summed E-state index contributed by atoms with van der Waals surface area (Å²) in [4.78, 5) is 0. The molecule has 3 heteroatoms. The van der Waals surface area contributed by atoms with Crippen LogP contribution in [0, 0.1) is 0 Å². The van der Waals surface area contributed by atoms with Crippen LogP contribution in [0.3, 0.4) is 0 Å². The van der Waals surface area contributed by atoms with Crippen molar-refractivity contribution in [1.82, 2.24) is 0 Å². The van der Waals surface area contributed by atoms with Crippen molar-refractivity contribution in [3.8, 4) is 16.9 Å². The molecule has 0 bridgehead atoms. The Morgan fingerprint density at radius 1 is 0.571 bits per heavy atom. The summed E-state index contributed by atoms with van der Waals surface area (Å²) < 4.78 is 14.5. The van der Waals surface area contributed by atoms with Crippen molar-refractivity contribution in [2.45, 2.75) is 0 Å². The first-order valence-electron chi connectivity index (χ1n) is 6.55. The number of hydrogen-bond donors (Lipinski definition) is 0. The van der Waals surface area contributed by atoms with E-state index in [1.807, 2.05) is 30.3 Å². The summed E-state index contributed by atoms with van der Waals surface area (Å²) in [6.45, 7) is 0. The first-order valence-corrected chi connectivity index (χ1v) is 7.28. The molecule has 104 valence electrons. The Balaban J connectivity index is 0.000000161. The molecule has 0 atom stereocenters. The fourth-order valence-corrected chi connectivity index (χ4v) is 1.99. The third-order valence-corrected chi connectivity index (χ3v) is 3.05. The predicted octanol–water partition coefficient (Wildman–Crippen LogP) is 5.63. The molecule has 3 aromatic rings. The zero-order valence-electron chi connectivity index (χ0n) is 11.4. The molecule has 0 saturated carbocycles. The van der Waals surface area contributed by atoms with Crippen LogP contribution >= 0.6 is 8.69 Å². The van der Waals surface area contributed by atoms with Gasteiger partial charge in [0.2, 0.25) is 0 Å². The van der Waals surface area contributed by atoms with Crippen LogP contribution in [0.4, 0.5) is 0 Å². The molecule has 0 heterocycles. The van der Waals surface area contributed by atoms with Crippen molar-refractivity contribution in [1.29, 1.82) is 0 Å². The van der Waals surface area contributed by atoms with E-state index < -0.39 is 0 Å². The molecule has 0 unspecified atom stereocenters. The second kappa shape index (κ2) is 8.68. The molecule has 0 aliphatic carbocycles. The van der Waals surface area contributed by atoms with Gasteiger partial charge in [-0.3, -0.25) is 0 Å². The maximum absolute atomic E-state index is 9.85. The minimum atomic E-state index is -0.305. The Morgan fingerprint density at radius 3 is 1.33 bits per heavy atom. The SMILES string of the molecule is O=POc1ccccc1.c1ccc(-c2ccccc2)cc1. The summed E-state index contributed by atoms with van der Waals surface area (Å²) in [5.41, 5.74) is 2.55. The lowest BCUT2D eigenvalue weighted by atomic mass is 10.1. The molecule has 0 amide bonds. The van der Waals surface area contributed by atoms with E-state index in [1.54, 1.807) is 12.1 Å². The first kappa shape index (κ1) is 15.0. The molecular formula is C18H15O2P. The highest BCUT2D eigenvalue weighted by molar-refractivity contribution is 7.17. The molecule has 0 fully saturated rings. The van der Waals surface area contributed by atoms with Gasteiger partial charge in [-0.25, -0.2) is 4.57 Å². The first-order chi connectivity index (χ1) is 10.4. The quantitative estimate of drug-likeness (QED) is 0.585. The monoisotopic (exact) mass is 294 g/mol. The van der Waals surface area contributed by atoms with E-state index in [-0.39, 0.29) is 8.69 Å². The minimum Gasteiger partial charge on any atom is -0.408 e. The summed E-state index contributed by atoms with van der Waals surface area (Å²) in [6, 6.07) is 29.8. The number of rotatable bonds is 3. The number of hydrogen-bond acceptors (Lipinski definition) is 2. The fraction of sp³-hybridized carbons (Fsp3) is 0. The topological polar surface area (TPSA) is 26.3 Å². The second-order valence-electron chi connectivity index (χ2n) is 4.21. The largest absolute Gasteiger partial charge is 0.408 e. The molecule has 3 aromatic carbocycles. The normalized spacial score (nSPS) is 9.52. The van der Waals surface area contributed by atoms with Crippen molar-refractivity contribution in [2.75, 3.05) is 0 Å². The van der Waals surface area contributed by atoms with Gasteiger partial charge in [-0.2, -0.15) is 0 Å². The Hall–Kier alpha value is -2.44. The summed E-state index contributed by atoms with van der Waals surface area (Å²) in [5.74, 6) is 0.620. The van der Waals surface area contributed by atoms with Crippen molar-refractivity contribution >= 4 is 8.69 Å². The molecule has 0 radical (unpaired) electrons. The van der Waals surface area contributed by atoms with E-state index in [0.717, 1.165) is 0 Å². The summed E-state index contributed by atoms with van der Waals surface area (Å²) >= 11 is 0. The lowest BCUT2D eigenvalue weighted by Gasteiger charge is -1.98. The second-order valence-corrected chi connectivity index (χ2v) is 4.54. The third-order valence-electron chi connectivity index (χ3n) is 2.77. The van der Waals surface area contributed by atoms with Gasteiger partial charge in [0.1, 0.15) is 5.75 Å². The van der Waals surface area contributed by atoms with Gasteiger partial charge in [-0.1, -0.05) is 78.9 Å². The minimum absolute atomic E-state index is 0.305. The Labute approximate surface area is 126 Å². The van der Waals surface area contributed by atoms with Crippen LogP contribution in [-0.2, 0) is 4.57 Å². The molecule has 0 aliphatic rings. The van der Waals surface area contributed by atoms with Crippen molar-refractivity contribution < 1.29 is 9.09 Å². The van der Waals surface area contributed by atoms with E-state index in [9.17, 15) is 4.57 Å². The fourth-order valence-electron chi connectivity index (χ4n) is 1.79. The Kier molecular flexibility index (Phi) is 6.18. The van der Waals surface area contributed by atoms with Gasteiger partial charge in [0.25, 0.3) is 0 Å². The van der Waals surface area contributed by atoms with Crippen molar-refractivity contribution in [3.05, 3.63) is 91.0 Å². The van der Waals surface area contributed by atoms with Crippen LogP contribution < -0.4 is 4.52 Å². The van der Waals surface area contributed by atoms with Crippen LogP contribution in [-0.4, -0.2) is 0 Å². The van der Waals surface area contributed by atoms with Gasteiger partial charge in [0.05, 0.1) is 0 Å². The standard InChI is InChI=1S/C12H10.C6H5O2P/c1-3-7-11(8-4-1)12-9-5-2-6-10-12;7-9-8-6-4-2-1-3-5-6/h1-10H;1-5H. The molecule has 21 heavy (non-hydrogen) atoms. The van der Waals surface area contributed by atoms with Crippen LogP contribution in [0.15, 0.2) is 91.0 Å². The number of benzene rings is 3. The van der Waals surface area contributed by atoms with Gasteiger partial charge in [0, 0.05) is 0 Å². The average Bonchev–Trinajstić information content (AvgIpc) is 2.58. The highest BCUT2D eigenvalue weighted by atomic mass is 31.1. The van der Waals surface area contributed by atoms with E-state index in [2.05, 4.69) is 53.1 Å². The maximum Gasteiger partial charge on any atom is 0.395 e. The molecule has 0 N–H and O–H groups in total. The van der Waals surface area contributed by atoms with Crippen molar-refractivity contribution in [3.63, 3.8) is 0 Å².